The summed E-state index contributed by atoms with van der Waals surface area (Å²) in [6.45, 7) is 2.49. The van der Waals surface area contributed by atoms with E-state index in [2.05, 4.69) is 10.3 Å². The minimum atomic E-state index is -0.976. The number of nitroso groups, excluding NO2 is 1. The smallest absolute Gasteiger partial charge is 0.377 e. The first-order valence-corrected chi connectivity index (χ1v) is 6.04. The van der Waals surface area contributed by atoms with Crippen LogP contribution in [0.4, 0.5) is 5.69 Å². The molecule has 1 aromatic carbocycles. The number of aliphatic hydroxyl groups excluding tert-OH is 1. The molecular formula is C12H16N4O3. The minimum absolute atomic E-state index is 0.0343. The second-order valence-electron chi connectivity index (χ2n) is 4.19. The standard InChI is InChI=1S/C12H16N4O3/c1-2-3-6-16(15-19)8-12(18)9-4-5-11(17)10(7-9)14-13/h4-5,7,12,18H,2-3,6,8H2,1H3/t12-/m0/s1. The Balaban J connectivity index is 2.74. The Morgan fingerprint density at radius 2 is 2.32 bits per heavy atom. The van der Waals surface area contributed by atoms with Crippen molar-refractivity contribution in [3.05, 3.63) is 33.6 Å². The van der Waals surface area contributed by atoms with Crippen molar-refractivity contribution in [2.24, 2.45) is 5.29 Å². The average Bonchev–Trinajstić information content (AvgIpc) is 2.43. The predicted octanol–water partition coefficient (Wildman–Crippen LogP) is 2.06. The summed E-state index contributed by atoms with van der Waals surface area (Å²) in [5.74, 6) is -0.435. The van der Waals surface area contributed by atoms with Gasteiger partial charge in [-0.05, 0) is 17.7 Å². The van der Waals surface area contributed by atoms with E-state index in [1.165, 1.54) is 23.2 Å². The van der Waals surface area contributed by atoms with Crippen LogP contribution < -0.4 is 5.11 Å². The lowest BCUT2D eigenvalue weighted by molar-refractivity contribution is -0.266. The molecule has 1 aromatic rings. The summed E-state index contributed by atoms with van der Waals surface area (Å²) in [6, 6.07) is 3.93. The molecule has 1 atom stereocenters. The van der Waals surface area contributed by atoms with E-state index in [-0.39, 0.29) is 12.2 Å². The fourth-order valence-electron chi connectivity index (χ4n) is 1.63. The van der Waals surface area contributed by atoms with E-state index in [4.69, 9.17) is 5.39 Å². The van der Waals surface area contributed by atoms with Crippen molar-refractivity contribution in [3.8, 4) is 5.75 Å². The number of rotatable bonds is 7. The highest BCUT2D eigenvalue weighted by Gasteiger charge is 2.16. The Hall–Kier alpha value is -2.20. The zero-order valence-corrected chi connectivity index (χ0v) is 10.7. The number of hydrogen-bond donors (Lipinski definition) is 1. The van der Waals surface area contributed by atoms with E-state index in [1.54, 1.807) is 0 Å². The second-order valence-corrected chi connectivity index (χ2v) is 4.19. The molecule has 0 fully saturated rings. The van der Waals surface area contributed by atoms with Gasteiger partial charge in [-0.1, -0.05) is 25.5 Å². The normalized spacial score (nSPS) is 11.6. The summed E-state index contributed by atoms with van der Waals surface area (Å²) in [6.07, 6.45) is 0.742. The van der Waals surface area contributed by atoms with Gasteiger partial charge in [-0.25, -0.2) is 0 Å². The van der Waals surface area contributed by atoms with E-state index in [0.717, 1.165) is 12.8 Å². The second kappa shape index (κ2) is 7.28. The number of benzene rings is 1. The van der Waals surface area contributed by atoms with Gasteiger partial charge in [0.15, 0.2) is 4.98 Å². The minimum Gasteiger partial charge on any atom is -0.867 e. The van der Waals surface area contributed by atoms with Gasteiger partial charge in [-0.15, -0.1) is 4.91 Å². The molecule has 0 unspecified atom stereocenters. The first-order valence-electron chi connectivity index (χ1n) is 6.04. The number of nitrogens with zero attached hydrogens (tertiary/aromatic N) is 4. The molecule has 0 aromatic heterocycles. The molecule has 0 aliphatic rings. The molecule has 0 aliphatic carbocycles. The van der Waals surface area contributed by atoms with Gasteiger partial charge in [0.1, 0.15) is 0 Å². The number of aliphatic hydroxyl groups is 1. The number of unbranched alkanes of at least 4 members (excludes halogenated alkanes) is 1. The van der Waals surface area contributed by atoms with Crippen molar-refractivity contribution in [2.45, 2.75) is 25.9 Å². The van der Waals surface area contributed by atoms with Crippen LogP contribution in [0.2, 0.25) is 0 Å². The molecule has 0 aliphatic heterocycles. The van der Waals surface area contributed by atoms with E-state index in [9.17, 15) is 15.1 Å². The fraction of sp³-hybridized carbons (Fsp3) is 0.500. The first-order chi connectivity index (χ1) is 9.12. The van der Waals surface area contributed by atoms with Crippen LogP contribution in [0.25, 0.3) is 4.98 Å². The van der Waals surface area contributed by atoms with Gasteiger partial charge < -0.3 is 10.2 Å². The zero-order chi connectivity index (χ0) is 14.3. The first kappa shape index (κ1) is 14.9. The summed E-state index contributed by atoms with van der Waals surface area (Å²) < 4.78 is 0. The summed E-state index contributed by atoms with van der Waals surface area (Å²) in [7, 11) is 0. The Morgan fingerprint density at radius 1 is 1.58 bits per heavy atom. The SMILES string of the molecule is CCCCN(C[C@H](O)c1ccc([O-])c([N+]#N)c1)N=O. The van der Waals surface area contributed by atoms with Gasteiger partial charge >= 0.3 is 5.69 Å². The van der Waals surface area contributed by atoms with Crippen molar-refractivity contribution >= 4 is 5.69 Å². The van der Waals surface area contributed by atoms with Gasteiger partial charge in [0.2, 0.25) is 5.39 Å². The highest BCUT2D eigenvalue weighted by Crippen LogP contribution is 2.27. The largest absolute Gasteiger partial charge is 0.867 e. The van der Waals surface area contributed by atoms with E-state index in [1.807, 2.05) is 6.92 Å². The third kappa shape index (κ3) is 4.19. The van der Waals surface area contributed by atoms with Crippen molar-refractivity contribution in [2.75, 3.05) is 13.1 Å². The van der Waals surface area contributed by atoms with Gasteiger partial charge in [-0.3, -0.25) is 5.01 Å². The van der Waals surface area contributed by atoms with Crippen LogP contribution in [-0.2, 0) is 0 Å². The van der Waals surface area contributed by atoms with Crippen LogP contribution in [0.5, 0.6) is 5.75 Å². The van der Waals surface area contributed by atoms with E-state index < -0.39 is 11.9 Å². The third-order valence-corrected chi connectivity index (χ3v) is 2.74. The topological polar surface area (TPSA) is 104 Å². The molecule has 0 bridgehead atoms. The maximum absolute atomic E-state index is 11.2. The Bertz CT molecular complexity index is 473. The summed E-state index contributed by atoms with van der Waals surface area (Å²) >= 11 is 0. The fourth-order valence-corrected chi connectivity index (χ4v) is 1.63. The molecule has 102 valence electrons. The lowest BCUT2D eigenvalue weighted by Gasteiger charge is -2.19. The maximum atomic E-state index is 11.2. The zero-order valence-electron chi connectivity index (χ0n) is 10.7. The van der Waals surface area contributed by atoms with Crippen LogP contribution in [-0.4, -0.2) is 23.2 Å². The average molecular weight is 264 g/mol. The predicted molar refractivity (Wildman–Crippen MR) is 67.9 cm³/mol. The Labute approximate surface area is 111 Å². The van der Waals surface area contributed by atoms with Crippen molar-refractivity contribution in [3.63, 3.8) is 0 Å². The van der Waals surface area contributed by atoms with Crippen LogP contribution in [0, 0.1) is 10.3 Å². The van der Waals surface area contributed by atoms with E-state index in [0.29, 0.717) is 12.1 Å². The molecule has 1 rings (SSSR count). The molecule has 7 heteroatoms. The molecule has 1 N–H and O–H groups in total. The van der Waals surface area contributed by atoms with Gasteiger partial charge in [0.05, 0.1) is 17.9 Å². The van der Waals surface area contributed by atoms with E-state index >= 15 is 0 Å². The lowest BCUT2D eigenvalue weighted by atomic mass is 10.1. The monoisotopic (exact) mass is 264 g/mol. The molecule has 0 heterocycles. The quantitative estimate of drug-likeness (QED) is 0.461. The highest BCUT2D eigenvalue weighted by molar-refractivity contribution is 5.57. The molecule has 7 nitrogen and oxygen atoms in total. The summed E-state index contributed by atoms with van der Waals surface area (Å²) in [5.41, 5.74) is 0.258. The van der Waals surface area contributed by atoms with Crippen LogP contribution in [0.15, 0.2) is 23.5 Å². The van der Waals surface area contributed by atoms with Crippen molar-refractivity contribution in [1.82, 2.24) is 5.01 Å². The molecule has 0 radical (unpaired) electrons. The van der Waals surface area contributed by atoms with Gasteiger partial charge in [0, 0.05) is 12.6 Å². The molecule has 0 amide bonds. The highest BCUT2D eigenvalue weighted by atomic mass is 16.3. The van der Waals surface area contributed by atoms with Crippen molar-refractivity contribution < 1.29 is 10.2 Å². The molecule has 0 saturated carbocycles. The lowest BCUT2D eigenvalue weighted by Crippen LogP contribution is -2.24. The van der Waals surface area contributed by atoms with Gasteiger partial charge in [-0.2, -0.15) is 0 Å². The van der Waals surface area contributed by atoms with Crippen LogP contribution in [0.1, 0.15) is 31.4 Å². The van der Waals surface area contributed by atoms with Crippen molar-refractivity contribution in [1.29, 1.82) is 5.39 Å². The Kier molecular flexibility index (Phi) is 5.70. The third-order valence-electron chi connectivity index (χ3n) is 2.74. The molecular weight excluding hydrogens is 248 g/mol. The number of diazo groups is 1. The van der Waals surface area contributed by atoms with Crippen LogP contribution >= 0.6 is 0 Å². The summed E-state index contributed by atoms with van der Waals surface area (Å²) in [5, 5.41) is 33.9. The van der Waals surface area contributed by atoms with Crippen LogP contribution in [0.3, 0.4) is 0 Å². The summed E-state index contributed by atoms with van der Waals surface area (Å²) in [4.78, 5) is 13.5. The molecule has 19 heavy (non-hydrogen) atoms. The van der Waals surface area contributed by atoms with Gasteiger partial charge in [0.25, 0.3) is 0 Å². The number of hydrogen-bond acceptors (Lipinski definition) is 5. The Morgan fingerprint density at radius 3 is 2.89 bits per heavy atom. The molecule has 0 spiro atoms. The maximum Gasteiger partial charge on any atom is 0.377 e. The molecule has 0 saturated heterocycles.